The van der Waals surface area contributed by atoms with Crippen LogP contribution in [0.25, 0.3) is 10.8 Å². The van der Waals surface area contributed by atoms with E-state index in [9.17, 15) is 0 Å². The van der Waals surface area contributed by atoms with E-state index in [2.05, 4.69) is 60.7 Å². The summed E-state index contributed by atoms with van der Waals surface area (Å²) >= 11 is 0. The highest BCUT2D eigenvalue weighted by Gasteiger charge is 2.14. The van der Waals surface area contributed by atoms with Crippen LogP contribution in [0.5, 0.6) is 5.75 Å². The zero-order chi connectivity index (χ0) is 21.3. The van der Waals surface area contributed by atoms with Gasteiger partial charge in [0.25, 0.3) is 0 Å². The Morgan fingerprint density at radius 3 is 2.75 bits per heavy atom. The number of aliphatic imine (C=N–C) groups is 1. The Morgan fingerprint density at radius 1 is 1.03 bits per heavy atom. The average Bonchev–Trinajstić information content (AvgIpc) is 3.03. The lowest BCUT2D eigenvalue weighted by Gasteiger charge is -2.13. The maximum atomic E-state index is 5.90. The van der Waals surface area contributed by atoms with Crippen molar-refractivity contribution in [1.29, 1.82) is 0 Å². The summed E-state index contributed by atoms with van der Waals surface area (Å²) in [6.07, 6.45) is 6.50. The first-order chi connectivity index (χ1) is 15.3. The minimum Gasteiger partial charge on any atom is -0.494 e. The molecular formula is C24H33IN6O. The largest absolute Gasteiger partial charge is 0.494 e. The number of nitrogens with one attached hydrogen (secondary N) is 2. The van der Waals surface area contributed by atoms with Gasteiger partial charge in [0.05, 0.1) is 6.61 Å². The van der Waals surface area contributed by atoms with Crippen LogP contribution < -0.4 is 15.4 Å². The van der Waals surface area contributed by atoms with Crippen molar-refractivity contribution in [2.24, 2.45) is 4.99 Å². The van der Waals surface area contributed by atoms with Crippen LogP contribution in [-0.4, -0.2) is 47.5 Å². The second kappa shape index (κ2) is 12.6. The number of nitrogens with zero attached hydrogens (tertiary/aromatic N) is 4. The fourth-order valence-electron chi connectivity index (χ4n) is 3.97. The Kier molecular flexibility index (Phi) is 9.58. The molecular weight excluding hydrogens is 515 g/mol. The number of rotatable bonds is 8. The van der Waals surface area contributed by atoms with Crippen LogP contribution in [0.3, 0.4) is 0 Å². The van der Waals surface area contributed by atoms with E-state index >= 15 is 0 Å². The molecule has 7 nitrogen and oxygen atoms in total. The zero-order valence-corrected chi connectivity index (χ0v) is 21.0. The molecule has 1 aliphatic rings. The minimum absolute atomic E-state index is 0. The highest BCUT2D eigenvalue weighted by Crippen LogP contribution is 2.20. The summed E-state index contributed by atoms with van der Waals surface area (Å²) in [6, 6.07) is 14.5. The van der Waals surface area contributed by atoms with Crippen LogP contribution in [0.2, 0.25) is 0 Å². The molecule has 2 heterocycles. The molecule has 0 saturated heterocycles. The van der Waals surface area contributed by atoms with Gasteiger partial charge in [0.2, 0.25) is 0 Å². The van der Waals surface area contributed by atoms with E-state index in [-0.39, 0.29) is 24.0 Å². The zero-order valence-electron chi connectivity index (χ0n) is 18.7. The Bertz CT molecular complexity index is 1020. The van der Waals surface area contributed by atoms with E-state index in [1.54, 1.807) is 7.05 Å². The second-order valence-corrected chi connectivity index (χ2v) is 7.88. The Labute approximate surface area is 207 Å². The van der Waals surface area contributed by atoms with Gasteiger partial charge in [-0.1, -0.05) is 36.8 Å². The number of benzene rings is 2. The highest BCUT2D eigenvalue weighted by molar-refractivity contribution is 14.0. The number of aryl methyl sites for hydroxylation is 1. The molecule has 0 radical (unpaired) electrons. The molecule has 0 aliphatic carbocycles. The molecule has 0 unspecified atom stereocenters. The lowest BCUT2D eigenvalue weighted by atomic mass is 10.1. The van der Waals surface area contributed by atoms with E-state index < -0.39 is 0 Å². The molecule has 32 heavy (non-hydrogen) atoms. The molecule has 2 aromatic carbocycles. The van der Waals surface area contributed by atoms with E-state index in [4.69, 9.17) is 4.74 Å². The monoisotopic (exact) mass is 548 g/mol. The predicted octanol–water partition coefficient (Wildman–Crippen LogP) is 3.95. The van der Waals surface area contributed by atoms with Crippen molar-refractivity contribution in [1.82, 2.24) is 25.4 Å². The quantitative estimate of drug-likeness (QED) is 0.193. The summed E-state index contributed by atoms with van der Waals surface area (Å²) in [5.41, 5.74) is 0. The number of halogens is 1. The van der Waals surface area contributed by atoms with Gasteiger partial charge in [0, 0.05) is 39.5 Å². The van der Waals surface area contributed by atoms with Crippen molar-refractivity contribution in [3.8, 4) is 5.75 Å². The van der Waals surface area contributed by atoms with Crippen LogP contribution in [-0.2, 0) is 19.4 Å². The first kappa shape index (κ1) is 24.3. The predicted molar refractivity (Wildman–Crippen MR) is 140 cm³/mol. The number of ether oxygens (including phenoxy) is 1. The van der Waals surface area contributed by atoms with Gasteiger partial charge in [0.1, 0.15) is 17.4 Å². The number of fused-ring (bicyclic) bond motifs is 2. The van der Waals surface area contributed by atoms with E-state index in [0.29, 0.717) is 6.61 Å². The van der Waals surface area contributed by atoms with E-state index in [1.807, 2.05) is 12.1 Å². The molecule has 0 fully saturated rings. The molecule has 0 amide bonds. The third kappa shape index (κ3) is 6.57. The van der Waals surface area contributed by atoms with E-state index in [0.717, 1.165) is 62.3 Å². The van der Waals surface area contributed by atoms with Crippen molar-refractivity contribution in [3.05, 3.63) is 54.1 Å². The van der Waals surface area contributed by atoms with Crippen molar-refractivity contribution in [3.63, 3.8) is 0 Å². The van der Waals surface area contributed by atoms with Gasteiger partial charge in [-0.15, -0.1) is 34.2 Å². The number of guanidine groups is 1. The normalized spacial score (nSPS) is 13.7. The summed E-state index contributed by atoms with van der Waals surface area (Å²) < 4.78 is 8.21. The molecule has 1 aromatic heterocycles. The van der Waals surface area contributed by atoms with Gasteiger partial charge < -0.3 is 19.9 Å². The molecule has 0 bridgehead atoms. The maximum absolute atomic E-state index is 5.90. The van der Waals surface area contributed by atoms with Gasteiger partial charge in [-0.3, -0.25) is 4.99 Å². The van der Waals surface area contributed by atoms with Gasteiger partial charge in [-0.05, 0) is 42.2 Å². The molecule has 1 aliphatic heterocycles. The van der Waals surface area contributed by atoms with Gasteiger partial charge in [0.15, 0.2) is 5.96 Å². The van der Waals surface area contributed by atoms with E-state index in [1.165, 1.54) is 30.0 Å². The summed E-state index contributed by atoms with van der Waals surface area (Å²) in [5.74, 6) is 3.93. The van der Waals surface area contributed by atoms with Crippen LogP contribution in [0, 0.1) is 0 Å². The molecule has 172 valence electrons. The standard InChI is InChI=1S/C24H32N6O.HI/c1-25-24(27-15-13-23-29-28-22-10-3-2-6-16-30(22)23)26-14-7-17-31-21-12-11-19-8-4-5-9-20(19)18-21;/h4-5,8-9,11-12,18H,2-3,6-7,10,13-17H2,1H3,(H2,25,26,27);1H. The molecule has 0 spiro atoms. The third-order valence-electron chi connectivity index (χ3n) is 5.65. The molecule has 0 atom stereocenters. The van der Waals surface area contributed by atoms with Gasteiger partial charge in [-0.2, -0.15) is 0 Å². The first-order valence-electron chi connectivity index (χ1n) is 11.3. The third-order valence-corrected chi connectivity index (χ3v) is 5.65. The lowest BCUT2D eigenvalue weighted by Crippen LogP contribution is -2.39. The highest BCUT2D eigenvalue weighted by atomic mass is 127. The van der Waals surface area contributed by atoms with Crippen molar-refractivity contribution >= 4 is 40.7 Å². The second-order valence-electron chi connectivity index (χ2n) is 7.88. The topological polar surface area (TPSA) is 76.4 Å². The maximum Gasteiger partial charge on any atom is 0.190 e. The lowest BCUT2D eigenvalue weighted by molar-refractivity contribution is 0.311. The van der Waals surface area contributed by atoms with Crippen molar-refractivity contribution < 1.29 is 4.74 Å². The summed E-state index contributed by atoms with van der Waals surface area (Å²) in [6.45, 7) is 3.29. The SMILES string of the molecule is CN=C(NCCCOc1ccc2ccccc2c1)NCCc1nnc2n1CCCCC2.I. The molecule has 8 heteroatoms. The average molecular weight is 548 g/mol. The smallest absolute Gasteiger partial charge is 0.190 e. The Morgan fingerprint density at radius 2 is 1.88 bits per heavy atom. The van der Waals surface area contributed by atoms with Crippen molar-refractivity contribution in [2.45, 2.75) is 45.1 Å². The van der Waals surface area contributed by atoms with Crippen LogP contribution in [0.15, 0.2) is 47.5 Å². The summed E-state index contributed by atoms with van der Waals surface area (Å²) in [4.78, 5) is 4.31. The molecule has 0 saturated carbocycles. The molecule has 3 aromatic rings. The minimum atomic E-state index is 0. The van der Waals surface area contributed by atoms with Crippen molar-refractivity contribution in [2.75, 3.05) is 26.7 Å². The van der Waals surface area contributed by atoms with Crippen LogP contribution >= 0.6 is 24.0 Å². The fraction of sp³-hybridized carbons (Fsp3) is 0.458. The Hall–Kier alpha value is -2.36. The molecule has 2 N–H and O–H groups in total. The number of hydrogen-bond acceptors (Lipinski definition) is 4. The van der Waals surface area contributed by atoms with Gasteiger partial charge >= 0.3 is 0 Å². The van der Waals surface area contributed by atoms with Gasteiger partial charge in [-0.25, -0.2) is 0 Å². The fourth-order valence-corrected chi connectivity index (χ4v) is 3.97. The first-order valence-corrected chi connectivity index (χ1v) is 11.3. The van der Waals surface area contributed by atoms with Crippen LogP contribution in [0.1, 0.15) is 37.3 Å². The number of hydrogen-bond donors (Lipinski definition) is 2. The summed E-state index contributed by atoms with van der Waals surface area (Å²) in [7, 11) is 1.80. The Balaban J connectivity index is 0.00000289. The summed E-state index contributed by atoms with van der Waals surface area (Å²) in [5, 5.41) is 17.9. The molecule has 4 rings (SSSR count). The van der Waals surface area contributed by atoms with Crippen LogP contribution in [0.4, 0.5) is 0 Å². The number of aromatic nitrogens is 3.